The lowest BCUT2D eigenvalue weighted by atomic mass is 10.2. The number of benzene rings is 1. The van der Waals surface area contributed by atoms with Crippen LogP contribution < -0.4 is 10.2 Å². The lowest BCUT2D eigenvalue weighted by Gasteiger charge is -2.18. The molecule has 5 heteroatoms. The van der Waals surface area contributed by atoms with Gasteiger partial charge in [-0.15, -0.1) is 0 Å². The predicted octanol–water partition coefficient (Wildman–Crippen LogP) is 2.35. The van der Waals surface area contributed by atoms with Crippen LogP contribution in [0, 0.1) is 5.82 Å². The quantitative estimate of drug-likeness (QED) is 0.880. The molecule has 0 saturated carbocycles. The Morgan fingerprint density at radius 2 is 2.22 bits per heavy atom. The van der Waals surface area contributed by atoms with Gasteiger partial charge in [-0.25, -0.2) is 9.37 Å². The maximum atomic E-state index is 13.3. The number of rotatable bonds is 2. The molecule has 0 unspecified atom stereocenters. The first kappa shape index (κ1) is 11.0. The SMILES string of the molecule is CNc1nccc(N2CCc3ccc(F)cc32)n1. The fourth-order valence-electron chi connectivity index (χ4n) is 2.21. The maximum absolute atomic E-state index is 13.3. The summed E-state index contributed by atoms with van der Waals surface area (Å²) in [6, 6.07) is 6.73. The third-order valence-corrected chi connectivity index (χ3v) is 3.08. The zero-order valence-corrected chi connectivity index (χ0v) is 10.0. The van der Waals surface area contributed by atoms with Crippen molar-refractivity contribution in [2.24, 2.45) is 0 Å². The number of halogens is 1. The Bertz CT molecular complexity index is 585. The van der Waals surface area contributed by atoms with Crippen LogP contribution in [0.3, 0.4) is 0 Å². The van der Waals surface area contributed by atoms with Crippen molar-refractivity contribution in [3.05, 3.63) is 41.8 Å². The smallest absolute Gasteiger partial charge is 0.224 e. The Morgan fingerprint density at radius 3 is 3.06 bits per heavy atom. The van der Waals surface area contributed by atoms with Gasteiger partial charge in [-0.3, -0.25) is 0 Å². The van der Waals surface area contributed by atoms with Crippen LogP contribution in [0.5, 0.6) is 0 Å². The molecule has 92 valence electrons. The molecule has 0 radical (unpaired) electrons. The van der Waals surface area contributed by atoms with Crippen molar-refractivity contribution in [2.45, 2.75) is 6.42 Å². The first-order chi connectivity index (χ1) is 8.78. The summed E-state index contributed by atoms with van der Waals surface area (Å²) >= 11 is 0. The average molecular weight is 244 g/mol. The summed E-state index contributed by atoms with van der Waals surface area (Å²) in [5.74, 6) is 1.14. The molecule has 0 aliphatic carbocycles. The lowest BCUT2D eigenvalue weighted by molar-refractivity contribution is 0.628. The Balaban J connectivity index is 2.02. The monoisotopic (exact) mass is 244 g/mol. The van der Waals surface area contributed by atoms with E-state index in [1.54, 1.807) is 19.3 Å². The molecule has 1 aliphatic rings. The summed E-state index contributed by atoms with van der Waals surface area (Å²) < 4.78 is 13.3. The normalized spacial score (nSPS) is 13.6. The molecular weight excluding hydrogens is 231 g/mol. The topological polar surface area (TPSA) is 41.1 Å². The minimum absolute atomic E-state index is 0.219. The molecule has 4 nitrogen and oxygen atoms in total. The molecule has 1 aliphatic heterocycles. The number of nitrogens with zero attached hydrogens (tertiary/aromatic N) is 3. The molecule has 1 aromatic heterocycles. The van der Waals surface area contributed by atoms with Crippen molar-refractivity contribution in [2.75, 3.05) is 23.8 Å². The van der Waals surface area contributed by atoms with Crippen molar-refractivity contribution < 1.29 is 4.39 Å². The van der Waals surface area contributed by atoms with Crippen molar-refractivity contribution in [1.82, 2.24) is 9.97 Å². The van der Waals surface area contributed by atoms with Gasteiger partial charge in [0.05, 0.1) is 0 Å². The van der Waals surface area contributed by atoms with E-state index in [0.29, 0.717) is 5.95 Å². The van der Waals surface area contributed by atoms with Crippen LogP contribution in [0.4, 0.5) is 21.8 Å². The van der Waals surface area contributed by atoms with Gasteiger partial charge in [-0.05, 0) is 30.2 Å². The molecular formula is C13H13FN4. The number of hydrogen-bond donors (Lipinski definition) is 1. The van der Waals surface area contributed by atoms with Crippen LogP contribution in [0.15, 0.2) is 30.5 Å². The summed E-state index contributed by atoms with van der Waals surface area (Å²) in [5.41, 5.74) is 2.05. The number of hydrogen-bond acceptors (Lipinski definition) is 4. The van der Waals surface area contributed by atoms with Crippen molar-refractivity contribution in [3.8, 4) is 0 Å². The minimum atomic E-state index is -0.219. The lowest BCUT2D eigenvalue weighted by Crippen LogP contribution is -2.15. The Hall–Kier alpha value is -2.17. The van der Waals surface area contributed by atoms with Gasteiger partial charge in [0, 0.05) is 25.5 Å². The number of fused-ring (bicyclic) bond motifs is 1. The van der Waals surface area contributed by atoms with E-state index in [1.807, 2.05) is 17.0 Å². The summed E-state index contributed by atoms with van der Waals surface area (Å²) in [4.78, 5) is 10.5. The van der Waals surface area contributed by atoms with Gasteiger partial charge < -0.3 is 10.2 Å². The zero-order valence-electron chi connectivity index (χ0n) is 10.0. The molecule has 0 atom stereocenters. The van der Waals surface area contributed by atoms with Crippen LogP contribution in [0.1, 0.15) is 5.56 Å². The van der Waals surface area contributed by atoms with Gasteiger partial charge >= 0.3 is 0 Å². The summed E-state index contributed by atoms with van der Waals surface area (Å²) in [5, 5.41) is 2.90. The predicted molar refractivity (Wildman–Crippen MR) is 68.7 cm³/mol. The van der Waals surface area contributed by atoms with Gasteiger partial charge in [-0.2, -0.15) is 4.98 Å². The second-order valence-electron chi connectivity index (χ2n) is 4.16. The molecule has 18 heavy (non-hydrogen) atoms. The fraction of sp³-hybridized carbons (Fsp3) is 0.231. The Morgan fingerprint density at radius 1 is 1.33 bits per heavy atom. The van der Waals surface area contributed by atoms with Crippen LogP contribution in [0.2, 0.25) is 0 Å². The van der Waals surface area contributed by atoms with Crippen LogP contribution >= 0.6 is 0 Å². The molecule has 1 aromatic carbocycles. The second-order valence-corrected chi connectivity index (χ2v) is 4.16. The van der Waals surface area contributed by atoms with Gasteiger partial charge in [0.1, 0.15) is 11.6 Å². The minimum Gasteiger partial charge on any atom is -0.357 e. The first-order valence-electron chi connectivity index (χ1n) is 5.85. The second kappa shape index (κ2) is 4.25. The molecule has 2 aromatic rings. The number of anilines is 3. The van der Waals surface area contributed by atoms with E-state index in [-0.39, 0.29) is 5.82 Å². The van der Waals surface area contributed by atoms with E-state index in [0.717, 1.165) is 30.0 Å². The highest BCUT2D eigenvalue weighted by Gasteiger charge is 2.22. The number of aromatic nitrogens is 2. The molecule has 0 spiro atoms. The van der Waals surface area contributed by atoms with Gasteiger partial charge in [-0.1, -0.05) is 6.07 Å². The molecule has 0 saturated heterocycles. The molecule has 0 fully saturated rings. The van der Waals surface area contributed by atoms with E-state index in [2.05, 4.69) is 15.3 Å². The third-order valence-electron chi connectivity index (χ3n) is 3.08. The van der Waals surface area contributed by atoms with Crippen molar-refractivity contribution in [1.29, 1.82) is 0 Å². The molecule has 3 rings (SSSR count). The van der Waals surface area contributed by atoms with Gasteiger partial charge in [0.25, 0.3) is 0 Å². The van der Waals surface area contributed by atoms with Crippen molar-refractivity contribution in [3.63, 3.8) is 0 Å². The van der Waals surface area contributed by atoms with E-state index in [1.165, 1.54) is 6.07 Å². The van der Waals surface area contributed by atoms with E-state index in [9.17, 15) is 4.39 Å². The van der Waals surface area contributed by atoms with E-state index < -0.39 is 0 Å². The number of nitrogens with one attached hydrogen (secondary N) is 1. The molecule has 2 heterocycles. The maximum Gasteiger partial charge on any atom is 0.224 e. The van der Waals surface area contributed by atoms with Crippen molar-refractivity contribution >= 4 is 17.5 Å². The Labute approximate surface area is 104 Å². The van der Waals surface area contributed by atoms with Crippen LogP contribution in [-0.2, 0) is 6.42 Å². The molecule has 0 amide bonds. The highest BCUT2D eigenvalue weighted by molar-refractivity contribution is 5.67. The first-order valence-corrected chi connectivity index (χ1v) is 5.85. The van der Waals surface area contributed by atoms with Gasteiger partial charge in [0.2, 0.25) is 5.95 Å². The van der Waals surface area contributed by atoms with Crippen LogP contribution in [0.25, 0.3) is 0 Å². The van der Waals surface area contributed by atoms with Crippen LogP contribution in [-0.4, -0.2) is 23.6 Å². The third kappa shape index (κ3) is 1.77. The molecule has 1 N–H and O–H groups in total. The summed E-state index contributed by atoms with van der Waals surface area (Å²) in [7, 11) is 1.77. The Kier molecular flexibility index (Phi) is 2.59. The van der Waals surface area contributed by atoms with Gasteiger partial charge in [0.15, 0.2) is 0 Å². The highest BCUT2D eigenvalue weighted by Crippen LogP contribution is 2.33. The largest absolute Gasteiger partial charge is 0.357 e. The molecule has 0 bridgehead atoms. The average Bonchev–Trinajstić information content (AvgIpc) is 2.81. The highest BCUT2D eigenvalue weighted by atomic mass is 19.1. The standard InChI is InChI=1S/C13H13FN4/c1-15-13-16-6-4-12(17-13)18-7-5-9-2-3-10(14)8-11(9)18/h2-4,6,8H,5,7H2,1H3,(H,15,16,17). The zero-order chi connectivity index (χ0) is 12.5. The summed E-state index contributed by atoms with van der Waals surface area (Å²) in [6.07, 6.45) is 2.61. The fourth-order valence-corrected chi connectivity index (χ4v) is 2.21. The van der Waals surface area contributed by atoms with E-state index in [4.69, 9.17) is 0 Å². The van der Waals surface area contributed by atoms with E-state index >= 15 is 0 Å². The summed E-state index contributed by atoms with van der Waals surface area (Å²) in [6.45, 7) is 0.818.